The number of nitro benzene ring substituents is 2. The second-order valence-corrected chi connectivity index (χ2v) is 11.0. The molecule has 0 radical (unpaired) electrons. The van der Waals surface area contributed by atoms with Crippen molar-refractivity contribution in [2.75, 3.05) is 11.9 Å². The summed E-state index contributed by atoms with van der Waals surface area (Å²) >= 11 is 6.92. The Labute approximate surface area is 262 Å². The number of thiazole rings is 1. The van der Waals surface area contributed by atoms with Crippen LogP contribution >= 0.6 is 22.9 Å². The number of aromatic nitrogens is 1. The minimum Gasteiger partial charge on any atom is -0.463 e. The van der Waals surface area contributed by atoms with Crippen LogP contribution in [-0.4, -0.2) is 32.9 Å². The molecule has 0 bridgehead atoms. The zero-order valence-corrected chi connectivity index (χ0v) is 24.8. The molecule has 3 aromatic carbocycles. The van der Waals surface area contributed by atoms with Gasteiger partial charge in [0.15, 0.2) is 0 Å². The minimum atomic E-state index is -1.19. The van der Waals surface area contributed by atoms with E-state index in [0.717, 1.165) is 15.9 Å². The highest BCUT2D eigenvalue weighted by Gasteiger charge is 2.39. The number of fused-ring (bicyclic) bond motifs is 1. The Hall–Kier alpha value is -5.60. The molecule has 1 unspecified atom stereocenters. The van der Waals surface area contributed by atoms with Gasteiger partial charge in [0.05, 0.1) is 38.0 Å². The fourth-order valence-electron chi connectivity index (χ4n) is 4.77. The number of non-ortho nitro benzene ring substituents is 2. The Morgan fingerprint density at radius 3 is 2.11 bits per heavy atom. The highest BCUT2D eigenvalue weighted by Crippen LogP contribution is 2.38. The molecule has 0 fully saturated rings. The van der Waals surface area contributed by atoms with Gasteiger partial charge in [-0.15, -0.1) is 11.3 Å². The van der Waals surface area contributed by atoms with Crippen molar-refractivity contribution < 1.29 is 24.2 Å². The Balaban J connectivity index is 1.81. The SMILES string of the molecule is CCOC(=O)C1=C(N)n2c(s/c(=C\c3ccc([N+](=O)[O-])cc3)c2=O)=C(C(=O)Nc2ccc(Cl)cc2)C1c1ccc([N+](=O)[O-])cc1. The Bertz CT molecular complexity index is 2070. The van der Waals surface area contributed by atoms with Crippen molar-refractivity contribution in [3.8, 4) is 0 Å². The maximum absolute atomic E-state index is 14.1. The van der Waals surface area contributed by atoms with Gasteiger partial charge in [-0.25, -0.2) is 4.79 Å². The van der Waals surface area contributed by atoms with Crippen LogP contribution in [0.25, 0.3) is 17.5 Å². The molecule has 1 atom stereocenters. The van der Waals surface area contributed by atoms with Crippen LogP contribution in [0.5, 0.6) is 0 Å². The summed E-state index contributed by atoms with van der Waals surface area (Å²) in [5.41, 5.74) is 6.39. The summed E-state index contributed by atoms with van der Waals surface area (Å²) in [5, 5.41) is 25.6. The predicted molar refractivity (Wildman–Crippen MR) is 168 cm³/mol. The van der Waals surface area contributed by atoms with Crippen LogP contribution in [0.3, 0.4) is 0 Å². The summed E-state index contributed by atoms with van der Waals surface area (Å²) in [6.07, 6.45) is 1.48. The second-order valence-electron chi connectivity index (χ2n) is 9.58. The van der Waals surface area contributed by atoms with Crippen LogP contribution in [0, 0.1) is 20.2 Å². The third-order valence-electron chi connectivity index (χ3n) is 6.83. The lowest BCUT2D eigenvalue weighted by molar-refractivity contribution is -0.385. The largest absolute Gasteiger partial charge is 0.463 e. The van der Waals surface area contributed by atoms with Gasteiger partial charge in [-0.05, 0) is 60.5 Å². The Kier molecular flexibility index (Phi) is 8.61. The summed E-state index contributed by atoms with van der Waals surface area (Å²) in [7, 11) is 0. The van der Waals surface area contributed by atoms with Crippen molar-refractivity contribution in [1.29, 1.82) is 0 Å². The summed E-state index contributed by atoms with van der Waals surface area (Å²) < 4.78 is 6.56. The Morgan fingerprint density at radius 2 is 1.56 bits per heavy atom. The molecule has 1 aliphatic rings. The van der Waals surface area contributed by atoms with Gasteiger partial charge in [-0.2, -0.15) is 0 Å². The molecule has 13 nitrogen and oxygen atoms in total. The molecule has 15 heteroatoms. The standard InChI is InChI=1S/C30H22ClN5O8S/c1-2-44-30(39)24-23(17-5-13-21(14-6-17)36(42)43)25(27(37)33-19-9-7-18(31)8-10-19)29-34(26(24)32)28(38)22(45-29)15-16-3-11-20(12-4-16)35(40)41/h3-15,23H,2,32H2,1H3,(H,33,37)/b22-15-. The van der Waals surface area contributed by atoms with Crippen molar-refractivity contribution in [2.45, 2.75) is 12.8 Å². The second kappa shape index (κ2) is 12.6. The highest BCUT2D eigenvalue weighted by molar-refractivity contribution is 7.07. The lowest BCUT2D eigenvalue weighted by Crippen LogP contribution is -2.42. The number of halogens is 1. The molecular weight excluding hydrogens is 626 g/mol. The number of carbonyl (C=O) groups excluding carboxylic acids is 2. The van der Waals surface area contributed by atoms with Crippen molar-refractivity contribution in [2.24, 2.45) is 5.73 Å². The first-order valence-electron chi connectivity index (χ1n) is 13.2. The normalized spacial score (nSPS) is 14.6. The van der Waals surface area contributed by atoms with Crippen LogP contribution in [0.2, 0.25) is 5.02 Å². The highest BCUT2D eigenvalue weighted by atomic mass is 35.5. The van der Waals surface area contributed by atoms with Crippen molar-refractivity contribution in [1.82, 2.24) is 4.57 Å². The molecule has 0 saturated heterocycles. The van der Waals surface area contributed by atoms with E-state index >= 15 is 0 Å². The Morgan fingerprint density at radius 1 is 0.978 bits per heavy atom. The van der Waals surface area contributed by atoms with Gasteiger partial charge in [-0.1, -0.05) is 23.7 Å². The minimum absolute atomic E-state index is 0.0403. The third-order valence-corrected chi connectivity index (χ3v) is 8.19. The number of rotatable bonds is 8. The van der Waals surface area contributed by atoms with E-state index in [1.54, 1.807) is 31.2 Å². The average molecular weight is 648 g/mol. The van der Waals surface area contributed by atoms with Gasteiger partial charge in [0.25, 0.3) is 22.8 Å². The molecule has 0 spiro atoms. The molecule has 3 N–H and O–H groups in total. The zero-order valence-electron chi connectivity index (χ0n) is 23.3. The molecule has 0 aliphatic carbocycles. The zero-order chi connectivity index (χ0) is 32.4. The van der Waals surface area contributed by atoms with Gasteiger partial charge in [0.2, 0.25) is 0 Å². The van der Waals surface area contributed by atoms with E-state index in [4.69, 9.17) is 22.1 Å². The van der Waals surface area contributed by atoms with E-state index in [2.05, 4.69) is 5.32 Å². The lowest BCUT2D eigenvalue weighted by Gasteiger charge is -2.27. The first kappa shape index (κ1) is 30.8. The van der Waals surface area contributed by atoms with Gasteiger partial charge in [-0.3, -0.25) is 34.4 Å². The van der Waals surface area contributed by atoms with E-state index in [-0.39, 0.29) is 44.1 Å². The van der Waals surface area contributed by atoms with E-state index in [9.17, 15) is 34.6 Å². The number of hydrogen-bond donors (Lipinski definition) is 2. The summed E-state index contributed by atoms with van der Waals surface area (Å²) in [4.78, 5) is 62.6. The number of amides is 1. The molecule has 1 amide bonds. The van der Waals surface area contributed by atoms with Crippen molar-refractivity contribution in [3.05, 3.63) is 134 Å². The lowest BCUT2D eigenvalue weighted by atomic mass is 9.82. The molecule has 45 heavy (non-hydrogen) atoms. The van der Waals surface area contributed by atoms with Gasteiger partial charge in [0, 0.05) is 35.0 Å². The van der Waals surface area contributed by atoms with Gasteiger partial charge in [0.1, 0.15) is 10.5 Å². The average Bonchev–Trinajstić information content (AvgIpc) is 3.33. The molecule has 5 rings (SSSR count). The number of benzene rings is 3. The van der Waals surface area contributed by atoms with E-state index < -0.39 is 33.2 Å². The van der Waals surface area contributed by atoms with Crippen molar-refractivity contribution >= 4 is 69.3 Å². The fourth-order valence-corrected chi connectivity index (χ4v) is 6.07. The first-order chi connectivity index (χ1) is 21.5. The maximum Gasteiger partial charge on any atom is 0.338 e. The van der Waals surface area contributed by atoms with Crippen LogP contribution < -0.4 is 25.8 Å². The monoisotopic (exact) mass is 647 g/mol. The number of nitro groups is 2. The quantitative estimate of drug-likeness (QED) is 0.164. The molecule has 4 aromatic rings. The van der Waals surface area contributed by atoms with Gasteiger partial charge >= 0.3 is 5.97 Å². The van der Waals surface area contributed by atoms with Crippen LogP contribution in [0.15, 0.2) is 83.2 Å². The number of nitrogens with zero attached hydrogens (tertiary/aromatic N) is 3. The number of esters is 1. The van der Waals surface area contributed by atoms with Crippen LogP contribution in [0.1, 0.15) is 24.0 Å². The topological polar surface area (TPSA) is 190 Å². The van der Waals surface area contributed by atoms with E-state index in [1.807, 2.05) is 0 Å². The summed E-state index contributed by atoms with van der Waals surface area (Å²) in [6, 6.07) is 17.0. The van der Waals surface area contributed by atoms with Gasteiger partial charge < -0.3 is 15.8 Å². The predicted octanol–water partition coefficient (Wildman–Crippen LogP) is 3.49. The molecular formula is C30H22ClN5O8S. The molecule has 0 saturated carbocycles. The number of nitrogens with two attached hydrogens (primary N) is 1. The number of ether oxygens (including phenoxy) is 1. The van der Waals surface area contributed by atoms with Crippen LogP contribution in [0.4, 0.5) is 17.1 Å². The van der Waals surface area contributed by atoms with E-state index in [0.29, 0.717) is 21.8 Å². The van der Waals surface area contributed by atoms with Crippen molar-refractivity contribution in [3.63, 3.8) is 0 Å². The molecule has 1 aromatic heterocycles. The number of hydrogen-bond acceptors (Lipinski definition) is 10. The maximum atomic E-state index is 14.1. The van der Waals surface area contributed by atoms with Crippen LogP contribution in [-0.2, 0) is 14.3 Å². The number of carbonyl (C=O) groups is 2. The molecule has 228 valence electrons. The molecule has 2 heterocycles. The fraction of sp³-hybridized carbons (Fsp3) is 0.100. The summed E-state index contributed by atoms with van der Waals surface area (Å²) in [6.45, 7) is 1.54. The summed E-state index contributed by atoms with van der Waals surface area (Å²) in [5.74, 6) is -3.05. The number of nitrogens with one attached hydrogen (secondary N) is 1. The van der Waals surface area contributed by atoms with E-state index in [1.165, 1.54) is 54.6 Å². The number of anilines is 1. The smallest absolute Gasteiger partial charge is 0.338 e. The third kappa shape index (κ3) is 6.09. The molecule has 1 aliphatic heterocycles. The first-order valence-corrected chi connectivity index (χ1v) is 14.4.